The number of hydrogen-bond donors (Lipinski definition) is 2. The number of carbonyl (C=O) groups is 2. The van der Waals surface area contributed by atoms with Gasteiger partial charge in [-0.2, -0.15) is 4.39 Å². The fourth-order valence-corrected chi connectivity index (χ4v) is 2.03. The van der Waals surface area contributed by atoms with Crippen LogP contribution in [0.15, 0.2) is 11.8 Å². The van der Waals surface area contributed by atoms with Crippen molar-refractivity contribution in [2.24, 2.45) is 0 Å². The minimum atomic E-state index is -2.00. The van der Waals surface area contributed by atoms with Crippen molar-refractivity contribution in [3.05, 3.63) is 50.5 Å². The Morgan fingerprint density at radius 2 is 1.75 bits per heavy atom. The Bertz CT molecular complexity index is 848. The topological polar surface area (TPSA) is 111 Å². The van der Waals surface area contributed by atoms with Gasteiger partial charge in [0.25, 0.3) is 0 Å². The first-order valence-electron chi connectivity index (χ1n) is 8.09. The number of nitrogens with zero attached hydrogens (tertiary/aromatic N) is 1. The van der Waals surface area contributed by atoms with Crippen molar-refractivity contribution in [2.45, 2.75) is 40.2 Å². The number of hydrogen-bond acceptors (Lipinski definition) is 7. The number of benzene rings is 1. The number of nitrogens with one attached hydrogen (secondary N) is 2. The van der Waals surface area contributed by atoms with Gasteiger partial charge in [0.2, 0.25) is 11.6 Å². The molecule has 0 aliphatic heterocycles. The molecule has 0 amide bonds. The summed E-state index contributed by atoms with van der Waals surface area (Å²) in [6, 6.07) is 0. The standard InChI is InChI=1S/C17H20F3N3O5/c1-6-28-16(25)9(7-21-22-17(3,4)5)15(24)10-11(18)8(2)12(19)13(20)14(10)23(26)27/h7,21-22H,6H2,1-5H3/b9-7+. The van der Waals surface area contributed by atoms with E-state index in [-0.39, 0.29) is 6.61 Å². The molecule has 1 rings (SSSR count). The number of ketones is 1. The van der Waals surface area contributed by atoms with Crippen LogP contribution in [-0.2, 0) is 9.53 Å². The molecule has 0 aliphatic rings. The predicted octanol–water partition coefficient (Wildman–Crippen LogP) is 2.84. The van der Waals surface area contributed by atoms with Crippen molar-refractivity contribution in [3.63, 3.8) is 0 Å². The molecule has 0 bridgehead atoms. The first kappa shape index (κ1) is 23.1. The summed E-state index contributed by atoms with van der Waals surface area (Å²) in [5.74, 6) is -8.21. The third-order valence-electron chi connectivity index (χ3n) is 3.33. The molecule has 0 spiro atoms. The lowest BCUT2D eigenvalue weighted by Gasteiger charge is -2.20. The molecule has 154 valence electrons. The highest BCUT2D eigenvalue weighted by Gasteiger charge is 2.37. The Hall–Kier alpha value is -2.95. The van der Waals surface area contributed by atoms with E-state index in [1.165, 1.54) is 6.92 Å². The summed E-state index contributed by atoms with van der Waals surface area (Å²) in [6.07, 6.45) is 0.811. The maximum absolute atomic E-state index is 14.5. The molecule has 0 saturated carbocycles. The van der Waals surface area contributed by atoms with E-state index in [2.05, 4.69) is 10.9 Å². The Morgan fingerprint density at radius 3 is 2.21 bits per heavy atom. The third kappa shape index (κ3) is 5.06. The van der Waals surface area contributed by atoms with E-state index >= 15 is 0 Å². The summed E-state index contributed by atoms with van der Waals surface area (Å²) >= 11 is 0. The highest BCUT2D eigenvalue weighted by atomic mass is 19.2. The highest BCUT2D eigenvalue weighted by molar-refractivity contribution is 6.25. The Kier molecular flexibility index (Phi) is 7.28. The molecule has 0 fully saturated rings. The van der Waals surface area contributed by atoms with Crippen LogP contribution in [0.1, 0.15) is 43.6 Å². The molecule has 0 unspecified atom stereocenters. The monoisotopic (exact) mass is 403 g/mol. The van der Waals surface area contributed by atoms with E-state index in [1.54, 1.807) is 20.8 Å². The second-order valence-corrected chi connectivity index (χ2v) is 6.67. The van der Waals surface area contributed by atoms with Crippen molar-refractivity contribution >= 4 is 17.4 Å². The molecule has 0 radical (unpaired) electrons. The van der Waals surface area contributed by atoms with Gasteiger partial charge in [0.1, 0.15) is 17.0 Å². The smallest absolute Gasteiger partial charge is 0.343 e. The van der Waals surface area contributed by atoms with Crippen molar-refractivity contribution in [2.75, 3.05) is 6.61 Å². The zero-order valence-corrected chi connectivity index (χ0v) is 15.9. The average molecular weight is 403 g/mol. The van der Waals surface area contributed by atoms with Gasteiger partial charge >= 0.3 is 11.7 Å². The fourth-order valence-electron chi connectivity index (χ4n) is 2.03. The number of nitro groups is 1. The van der Waals surface area contributed by atoms with Crippen LogP contribution in [0.4, 0.5) is 18.9 Å². The van der Waals surface area contributed by atoms with Gasteiger partial charge in [-0.3, -0.25) is 14.9 Å². The third-order valence-corrected chi connectivity index (χ3v) is 3.33. The maximum atomic E-state index is 14.5. The van der Waals surface area contributed by atoms with Crippen molar-refractivity contribution in [1.82, 2.24) is 10.9 Å². The number of rotatable bonds is 7. The molecule has 1 aromatic carbocycles. The first-order chi connectivity index (χ1) is 12.8. The minimum Gasteiger partial charge on any atom is -0.462 e. The van der Waals surface area contributed by atoms with Crippen molar-refractivity contribution < 1.29 is 32.4 Å². The van der Waals surface area contributed by atoms with E-state index in [0.717, 1.165) is 13.1 Å². The molecule has 0 atom stereocenters. The summed E-state index contributed by atoms with van der Waals surface area (Å²) < 4.78 is 46.9. The van der Waals surface area contributed by atoms with E-state index in [1.807, 2.05) is 0 Å². The minimum absolute atomic E-state index is 0.155. The predicted molar refractivity (Wildman–Crippen MR) is 92.8 cm³/mol. The van der Waals surface area contributed by atoms with Gasteiger partial charge in [0.05, 0.1) is 11.5 Å². The Balaban J connectivity index is 3.61. The number of Topliss-reactive ketones (excluding diaryl/α,β-unsaturated/α-hetero) is 1. The summed E-state index contributed by atoms with van der Waals surface area (Å²) in [4.78, 5) is 34.5. The molecule has 2 N–H and O–H groups in total. The van der Waals surface area contributed by atoms with Crippen LogP contribution < -0.4 is 10.9 Å². The molecule has 8 nitrogen and oxygen atoms in total. The summed E-state index contributed by atoms with van der Waals surface area (Å²) in [7, 11) is 0. The molecule has 28 heavy (non-hydrogen) atoms. The van der Waals surface area contributed by atoms with E-state index in [0.29, 0.717) is 0 Å². The maximum Gasteiger partial charge on any atom is 0.343 e. The molecule has 0 aliphatic carbocycles. The number of carbonyl (C=O) groups excluding carboxylic acids is 2. The molecular weight excluding hydrogens is 383 g/mol. The number of halogens is 3. The van der Waals surface area contributed by atoms with E-state index in [9.17, 15) is 32.9 Å². The lowest BCUT2D eigenvalue weighted by molar-refractivity contribution is -0.388. The van der Waals surface area contributed by atoms with Crippen LogP contribution in [0.2, 0.25) is 0 Å². The van der Waals surface area contributed by atoms with E-state index < -0.39 is 62.1 Å². The quantitative estimate of drug-likeness (QED) is 0.105. The lowest BCUT2D eigenvalue weighted by atomic mass is 9.98. The van der Waals surface area contributed by atoms with Gasteiger partial charge in [0, 0.05) is 17.3 Å². The van der Waals surface area contributed by atoms with E-state index in [4.69, 9.17) is 4.74 Å². The number of ether oxygens (including phenoxy) is 1. The van der Waals surface area contributed by atoms with Crippen LogP contribution >= 0.6 is 0 Å². The molecule has 11 heteroatoms. The summed E-state index contributed by atoms with van der Waals surface area (Å²) in [6.45, 7) is 7.30. The Labute approximate surface area is 158 Å². The van der Waals surface area contributed by atoms with Crippen molar-refractivity contribution in [1.29, 1.82) is 0 Å². The number of nitro benzene ring substituents is 1. The zero-order chi connectivity index (χ0) is 21.8. The molecule has 1 aromatic rings. The van der Waals surface area contributed by atoms with Crippen LogP contribution in [0.3, 0.4) is 0 Å². The van der Waals surface area contributed by atoms with Gasteiger partial charge in [-0.05, 0) is 34.6 Å². The molecule has 0 heterocycles. The Morgan fingerprint density at radius 1 is 1.18 bits per heavy atom. The molecular formula is C17H20F3N3O5. The van der Waals surface area contributed by atoms with Gasteiger partial charge < -0.3 is 10.2 Å². The molecule has 0 saturated heterocycles. The van der Waals surface area contributed by atoms with Gasteiger partial charge in [-0.25, -0.2) is 19.0 Å². The first-order valence-corrected chi connectivity index (χ1v) is 8.09. The lowest BCUT2D eigenvalue weighted by Crippen LogP contribution is -2.44. The van der Waals surface area contributed by atoms with Crippen LogP contribution in [0.5, 0.6) is 0 Å². The van der Waals surface area contributed by atoms with Crippen LogP contribution in [-0.4, -0.2) is 28.8 Å². The average Bonchev–Trinajstić information content (AvgIpc) is 2.58. The van der Waals surface area contributed by atoms with Crippen LogP contribution in [0.25, 0.3) is 0 Å². The van der Waals surface area contributed by atoms with Gasteiger partial charge in [0.15, 0.2) is 5.82 Å². The summed E-state index contributed by atoms with van der Waals surface area (Å²) in [5, 5.41) is 11.1. The number of hydrazine groups is 1. The number of esters is 1. The second-order valence-electron chi connectivity index (χ2n) is 6.67. The molecule has 0 aromatic heterocycles. The largest absolute Gasteiger partial charge is 0.462 e. The van der Waals surface area contributed by atoms with Crippen molar-refractivity contribution in [3.8, 4) is 0 Å². The van der Waals surface area contributed by atoms with Crippen LogP contribution in [0, 0.1) is 34.5 Å². The van der Waals surface area contributed by atoms with Gasteiger partial charge in [-0.1, -0.05) is 0 Å². The SMILES string of the molecule is CCOC(=O)/C(=C/NNC(C)(C)C)C(=O)c1c(F)c(C)c(F)c(F)c1[N+](=O)[O-]. The van der Waals surface area contributed by atoms with Gasteiger partial charge in [-0.15, -0.1) is 0 Å². The second kappa shape index (κ2) is 8.83. The summed E-state index contributed by atoms with van der Waals surface area (Å²) in [5.41, 5.74) is -0.254. The normalized spacial score (nSPS) is 11.9. The fraction of sp³-hybridized carbons (Fsp3) is 0.412. The zero-order valence-electron chi connectivity index (χ0n) is 15.9. The highest BCUT2D eigenvalue weighted by Crippen LogP contribution is 2.32.